The molecule has 0 atom stereocenters. The number of aromatic nitrogens is 4. The maximum absolute atomic E-state index is 11.4. The first-order valence-electron chi connectivity index (χ1n) is 3.43. The van der Waals surface area contributed by atoms with E-state index in [4.69, 9.17) is 5.73 Å². The van der Waals surface area contributed by atoms with E-state index >= 15 is 0 Å². The maximum Gasteiger partial charge on any atom is 0.270 e. The summed E-state index contributed by atoms with van der Waals surface area (Å²) >= 11 is 2.11. The van der Waals surface area contributed by atoms with Gasteiger partial charge in [-0.25, -0.2) is 0 Å². The minimum atomic E-state index is -0.309. The van der Waals surface area contributed by atoms with Crippen LogP contribution in [-0.2, 0) is 0 Å². The van der Waals surface area contributed by atoms with Crippen LogP contribution < -0.4 is 11.1 Å². The predicted octanol–water partition coefficient (Wildman–Crippen LogP) is 0.224. The van der Waals surface area contributed by atoms with E-state index in [1.54, 1.807) is 0 Å². The summed E-state index contributed by atoms with van der Waals surface area (Å²) in [6.07, 6.45) is 1.38. The second kappa shape index (κ2) is 3.64. The van der Waals surface area contributed by atoms with Crippen molar-refractivity contribution in [3.8, 4) is 0 Å². The molecular formula is C5H4N6OS2. The number of nitrogens with one attached hydrogen (secondary N) is 1. The summed E-state index contributed by atoms with van der Waals surface area (Å²) in [5.74, 6) is -0.309. The fourth-order valence-electron chi connectivity index (χ4n) is 0.711. The minimum absolute atomic E-state index is 0.308. The van der Waals surface area contributed by atoms with Crippen molar-refractivity contribution in [3.05, 3.63) is 11.1 Å². The number of anilines is 2. The van der Waals surface area contributed by atoms with Crippen LogP contribution in [0.5, 0.6) is 0 Å². The zero-order valence-corrected chi connectivity index (χ0v) is 8.30. The molecular weight excluding hydrogens is 224 g/mol. The third kappa shape index (κ3) is 1.83. The van der Waals surface area contributed by atoms with Gasteiger partial charge in [-0.15, -0.1) is 15.3 Å². The van der Waals surface area contributed by atoms with E-state index in [2.05, 4.69) is 25.1 Å². The molecule has 0 fully saturated rings. The van der Waals surface area contributed by atoms with Gasteiger partial charge in [-0.2, -0.15) is 0 Å². The smallest absolute Gasteiger partial charge is 0.270 e. The number of carbonyl (C=O) groups is 1. The van der Waals surface area contributed by atoms with Crippen molar-refractivity contribution in [1.82, 2.24) is 19.8 Å². The molecule has 2 rings (SSSR count). The van der Waals surface area contributed by atoms with Gasteiger partial charge in [0.1, 0.15) is 4.88 Å². The molecule has 1 amide bonds. The Hall–Kier alpha value is -1.61. The number of nitrogens with zero attached hydrogens (tertiary/aromatic N) is 4. The van der Waals surface area contributed by atoms with Gasteiger partial charge in [-0.05, 0) is 11.5 Å². The molecule has 14 heavy (non-hydrogen) atoms. The first-order chi connectivity index (χ1) is 6.75. The summed E-state index contributed by atoms with van der Waals surface area (Å²) in [6.45, 7) is 0. The number of amides is 1. The van der Waals surface area contributed by atoms with Gasteiger partial charge >= 0.3 is 0 Å². The Bertz CT molecular complexity index is 437. The van der Waals surface area contributed by atoms with Crippen LogP contribution in [0.15, 0.2) is 6.20 Å². The number of nitrogen functional groups attached to an aromatic ring is 1. The van der Waals surface area contributed by atoms with E-state index in [0.717, 1.165) is 22.9 Å². The molecule has 0 aliphatic rings. The lowest BCUT2D eigenvalue weighted by atomic mass is 10.5. The Morgan fingerprint density at radius 3 is 2.93 bits per heavy atom. The van der Waals surface area contributed by atoms with Gasteiger partial charge in [0.15, 0.2) is 0 Å². The monoisotopic (exact) mass is 228 g/mol. The highest BCUT2D eigenvalue weighted by Gasteiger charge is 2.10. The average Bonchev–Trinajstić information content (AvgIpc) is 2.75. The van der Waals surface area contributed by atoms with Crippen LogP contribution in [0.2, 0.25) is 0 Å². The molecule has 2 aromatic heterocycles. The lowest BCUT2D eigenvalue weighted by molar-refractivity contribution is 0.103. The molecule has 0 bridgehead atoms. The quantitative estimate of drug-likeness (QED) is 0.761. The third-order valence-corrected chi connectivity index (χ3v) is 2.58. The topological polar surface area (TPSA) is 107 Å². The first kappa shape index (κ1) is 8.97. The molecule has 0 spiro atoms. The number of nitrogens with two attached hydrogens (primary N) is 1. The molecule has 3 N–H and O–H groups in total. The van der Waals surface area contributed by atoms with Gasteiger partial charge in [0.2, 0.25) is 10.3 Å². The van der Waals surface area contributed by atoms with Gasteiger partial charge in [-0.3, -0.25) is 10.1 Å². The van der Waals surface area contributed by atoms with Crippen LogP contribution in [0, 0.1) is 0 Å². The molecule has 2 aromatic rings. The first-order valence-corrected chi connectivity index (χ1v) is 5.02. The summed E-state index contributed by atoms with van der Waals surface area (Å²) in [5.41, 5.74) is 5.34. The molecule has 0 saturated carbocycles. The number of hydrogen-bond donors (Lipinski definition) is 2. The van der Waals surface area contributed by atoms with E-state index in [1.807, 2.05) is 0 Å². The van der Waals surface area contributed by atoms with E-state index in [1.165, 1.54) is 6.20 Å². The Labute approximate surface area is 86.1 Å². The van der Waals surface area contributed by atoms with Crippen LogP contribution in [-0.4, -0.2) is 25.7 Å². The van der Waals surface area contributed by atoms with E-state index < -0.39 is 0 Å². The largest absolute Gasteiger partial charge is 0.374 e. The van der Waals surface area contributed by atoms with Crippen molar-refractivity contribution in [2.24, 2.45) is 0 Å². The van der Waals surface area contributed by atoms with Crippen LogP contribution in [0.4, 0.5) is 10.3 Å². The number of hydrogen-bond acceptors (Lipinski definition) is 8. The van der Waals surface area contributed by atoms with Gasteiger partial charge in [0, 0.05) is 0 Å². The average molecular weight is 228 g/mol. The number of rotatable bonds is 2. The second-order valence-corrected chi connectivity index (χ2v) is 3.98. The summed E-state index contributed by atoms with van der Waals surface area (Å²) < 4.78 is 3.56. The molecule has 9 heteroatoms. The lowest BCUT2D eigenvalue weighted by Gasteiger charge is -1.94. The molecule has 0 aliphatic carbocycles. The molecule has 0 radical (unpaired) electrons. The summed E-state index contributed by atoms with van der Waals surface area (Å²) in [7, 11) is 0. The van der Waals surface area contributed by atoms with Crippen LogP contribution in [0.1, 0.15) is 9.67 Å². The van der Waals surface area contributed by atoms with E-state index in [0.29, 0.717) is 15.1 Å². The standard InChI is InChI=1S/C5H4N6OS2/c6-4-9-10-5(13-4)8-3(12)2-1-7-11-14-2/h1H,(H2,6,9)(H,8,10,12). The third-order valence-electron chi connectivity index (χ3n) is 1.25. The van der Waals surface area contributed by atoms with Crippen LogP contribution >= 0.6 is 22.9 Å². The maximum atomic E-state index is 11.4. The van der Waals surface area contributed by atoms with E-state index in [-0.39, 0.29) is 5.91 Å². The minimum Gasteiger partial charge on any atom is -0.374 e. The van der Waals surface area contributed by atoms with Gasteiger partial charge in [0.25, 0.3) is 5.91 Å². The fraction of sp³-hybridized carbons (Fsp3) is 0. The highest BCUT2D eigenvalue weighted by molar-refractivity contribution is 7.19. The summed E-state index contributed by atoms with van der Waals surface area (Å²) in [6, 6.07) is 0. The Balaban J connectivity index is 2.09. The predicted molar refractivity (Wildman–Crippen MR) is 52.2 cm³/mol. The van der Waals surface area contributed by atoms with Crippen LogP contribution in [0.25, 0.3) is 0 Å². The molecule has 2 heterocycles. The van der Waals surface area contributed by atoms with Gasteiger partial charge in [0.05, 0.1) is 6.20 Å². The van der Waals surface area contributed by atoms with Crippen LogP contribution in [0.3, 0.4) is 0 Å². The molecule has 72 valence electrons. The molecule has 0 saturated heterocycles. The highest BCUT2D eigenvalue weighted by Crippen LogP contribution is 2.17. The summed E-state index contributed by atoms with van der Waals surface area (Å²) in [4.78, 5) is 11.8. The Morgan fingerprint density at radius 1 is 1.50 bits per heavy atom. The van der Waals surface area contributed by atoms with Crippen molar-refractivity contribution in [2.45, 2.75) is 0 Å². The van der Waals surface area contributed by atoms with Crippen molar-refractivity contribution in [1.29, 1.82) is 0 Å². The highest BCUT2D eigenvalue weighted by atomic mass is 32.1. The van der Waals surface area contributed by atoms with Gasteiger partial charge < -0.3 is 5.73 Å². The van der Waals surface area contributed by atoms with Gasteiger partial charge in [-0.1, -0.05) is 15.8 Å². The number of carbonyl (C=O) groups excluding carboxylic acids is 1. The second-order valence-electron chi connectivity index (χ2n) is 2.18. The Kier molecular flexibility index (Phi) is 2.33. The molecule has 0 aromatic carbocycles. The zero-order chi connectivity index (χ0) is 9.97. The fourth-order valence-corrected chi connectivity index (χ4v) is 1.63. The Morgan fingerprint density at radius 2 is 2.36 bits per heavy atom. The normalized spacial score (nSPS) is 10.0. The zero-order valence-electron chi connectivity index (χ0n) is 6.67. The lowest BCUT2D eigenvalue weighted by Crippen LogP contribution is -2.09. The van der Waals surface area contributed by atoms with Crippen molar-refractivity contribution in [3.63, 3.8) is 0 Å². The van der Waals surface area contributed by atoms with Crippen molar-refractivity contribution >= 4 is 39.0 Å². The van der Waals surface area contributed by atoms with Crippen molar-refractivity contribution < 1.29 is 4.79 Å². The summed E-state index contributed by atoms with van der Waals surface area (Å²) in [5, 5.41) is 13.9. The van der Waals surface area contributed by atoms with Crippen molar-refractivity contribution in [2.75, 3.05) is 11.1 Å². The molecule has 7 nitrogen and oxygen atoms in total. The SMILES string of the molecule is Nc1nnc(NC(=O)c2cnns2)s1. The van der Waals surface area contributed by atoms with E-state index in [9.17, 15) is 4.79 Å². The molecule has 0 unspecified atom stereocenters. The molecule has 0 aliphatic heterocycles.